The highest BCUT2D eigenvalue weighted by Crippen LogP contribution is 2.64. The molecule has 6 unspecified atom stereocenters. The Morgan fingerprint density at radius 3 is 2.33 bits per heavy atom. The maximum Gasteiger partial charge on any atom is 0.233 e. The summed E-state index contributed by atoms with van der Waals surface area (Å²) < 4.78 is 5.95. The molecule has 0 aromatic heterocycles. The number of carbonyl (C=O) groups excluding carboxylic acids is 4. The van der Waals surface area contributed by atoms with Crippen molar-refractivity contribution in [2.24, 2.45) is 23.7 Å². The van der Waals surface area contributed by atoms with E-state index in [2.05, 4.69) is 15.9 Å². The van der Waals surface area contributed by atoms with Gasteiger partial charge in [-0.25, -0.2) is 0 Å². The van der Waals surface area contributed by atoms with Crippen LogP contribution in [0.5, 0.6) is 11.5 Å². The number of allylic oxidation sites excluding steroid dienone is 4. The molecule has 46 heavy (non-hydrogen) atoms. The Kier molecular flexibility index (Phi) is 7.59. The van der Waals surface area contributed by atoms with Crippen molar-refractivity contribution in [1.82, 2.24) is 4.90 Å². The van der Waals surface area contributed by atoms with Crippen molar-refractivity contribution in [2.45, 2.75) is 37.5 Å². The number of Topliss-reactive ketones (excluding diaryl/α,β-unsaturated/α-hetero) is 1. The summed E-state index contributed by atoms with van der Waals surface area (Å²) in [7, 11) is 1.46. The topological polar surface area (TPSA) is 101 Å². The second-order valence-electron chi connectivity index (χ2n) is 12.7. The zero-order valence-electron chi connectivity index (χ0n) is 25.6. The van der Waals surface area contributed by atoms with Crippen LogP contribution < -0.4 is 4.74 Å². The number of phenolic OH excluding ortho intramolecular Hbond substituents is 1. The van der Waals surface area contributed by atoms with Crippen LogP contribution in [0.25, 0.3) is 5.57 Å². The number of likely N-dealkylation sites (tertiary alicyclic amines) is 1. The molecular formula is C38H34BrNO6. The smallest absolute Gasteiger partial charge is 0.233 e. The molecule has 3 aromatic carbocycles. The Labute approximate surface area is 276 Å². The number of aromatic hydroxyl groups is 1. The quantitative estimate of drug-likeness (QED) is 0.239. The number of hydrogen-bond donors (Lipinski definition) is 1. The number of ketones is 2. The lowest BCUT2D eigenvalue weighted by atomic mass is 9.44. The number of fused-ring (bicyclic) bond motifs is 4. The van der Waals surface area contributed by atoms with E-state index in [1.807, 2.05) is 73.7 Å². The van der Waals surface area contributed by atoms with E-state index >= 15 is 4.79 Å². The Balaban J connectivity index is 1.52. The van der Waals surface area contributed by atoms with E-state index in [0.29, 0.717) is 46.1 Å². The van der Waals surface area contributed by atoms with E-state index in [-0.39, 0.29) is 41.3 Å². The number of methoxy groups -OCH3 is 1. The first-order valence-electron chi connectivity index (χ1n) is 15.8. The van der Waals surface area contributed by atoms with Gasteiger partial charge in [0.2, 0.25) is 11.8 Å². The fourth-order valence-corrected chi connectivity index (χ4v) is 9.13. The number of benzene rings is 3. The van der Waals surface area contributed by atoms with Gasteiger partial charge in [-0.2, -0.15) is 0 Å². The van der Waals surface area contributed by atoms with Crippen molar-refractivity contribution in [3.8, 4) is 11.5 Å². The van der Waals surface area contributed by atoms with Gasteiger partial charge in [0.25, 0.3) is 0 Å². The zero-order chi connectivity index (χ0) is 32.3. The summed E-state index contributed by atoms with van der Waals surface area (Å²) in [4.78, 5) is 58.9. The highest BCUT2D eigenvalue weighted by Gasteiger charge is 2.65. The van der Waals surface area contributed by atoms with Gasteiger partial charge in [-0.3, -0.25) is 24.1 Å². The SMILES string of the molecule is CCCN1C(=O)C2CC=C3C(CC4C(=O)C(c5ccccc5)=CC(=O)C4(c4ccccc4)C3c3cc(Br)c(O)c(OC)c3)C2C1=O. The first-order chi connectivity index (χ1) is 22.2. The van der Waals surface area contributed by atoms with Crippen LogP contribution in [0.15, 0.2) is 95.0 Å². The van der Waals surface area contributed by atoms with Crippen LogP contribution >= 0.6 is 15.9 Å². The van der Waals surface area contributed by atoms with Crippen LogP contribution in [0, 0.1) is 23.7 Å². The molecule has 1 heterocycles. The van der Waals surface area contributed by atoms with Gasteiger partial charge in [0.1, 0.15) is 0 Å². The van der Waals surface area contributed by atoms with E-state index < -0.39 is 35.0 Å². The molecule has 7 nitrogen and oxygen atoms in total. The van der Waals surface area contributed by atoms with E-state index in [0.717, 1.165) is 5.57 Å². The van der Waals surface area contributed by atoms with Crippen LogP contribution in [0.1, 0.15) is 48.8 Å². The van der Waals surface area contributed by atoms with Crippen molar-refractivity contribution in [3.05, 3.63) is 112 Å². The Morgan fingerprint density at radius 1 is 0.957 bits per heavy atom. The fraction of sp³-hybridized carbons (Fsp3) is 0.316. The van der Waals surface area contributed by atoms with Gasteiger partial charge < -0.3 is 9.84 Å². The Hall–Kier alpha value is -4.30. The standard InChI is InChI=1S/C38H34BrNO6/c1-3-16-40-36(44)25-15-14-24-27(32(25)37(40)45)19-28-34(42)26(21-10-6-4-7-11-21)20-31(41)38(28,23-12-8-5-9-13-23)33(24)22-17-29(39)35(43)30(18-22)46-2/h4-14,17-18,20,25,27-28,32-33,43H,3,15-16,19H2,1-2H3. The van der Waals surface area contributed by atoms with E-state index in [4.69, 9.17) is 4.74 Å². The minimum Gasteiger partial charge on any atom is -0.503 e. The van der Waals surface area contributed by atoms with E-state index in [1.165, 1.54) is 18.1 Å². The molecule has 234 valence electrons. The van der Waals surface area contributed by atoms with E-state index in [1.54, 1.807) is 12.1 Å². The van der Waals surface area contributed by atoms with Crippen molar-refractivity contribution < 1.29 is 29.0 Å². The summed E-state index contributed by atoms with van der Waals surface area (Å²) >= 11 is 3.49. The molecular weight excluding hydrogens is 646 g/mol. The number of ether oxygens (including phenoxy) is 1. The molecule has 2 fully saturated rings. The minimum absolute atomic E-state index is 0.0781. The molecule has 3 aliphatic carbocycles. The number of amides is 2. The number of rotatable bonds is 6. The third-order valence-corrected chi connectivity index (χ3v) is 11.1. The fourth-order valence-electron chi connectivity index (χ4n) is 8.67. The Bertz CT molecular complexity index is 1830. The van der Waals surface area contributed by atoms with Crippen molar-refractivity contribution in [3.63, 3.8) is 0 Å². The molecule has 4 aliphatic rings. The molecule has 2 amide bonds. The third kappa shape index (κ3) is 4.29. The van der Waals surface area contributed by atoms with Crippen LogP contribution in [-0.4, -0.2) is 47.0 Å². The normalized spacial score (nSPS) is 28.7. The summed E-state index contributed by atoms with van der Waals surface area (Å²) in [5.41, 5.74) is 1.92. The molecule has 1 saturated carbocycles. The van der Waals surface area contributed by atoms with Crippen molar-refractivity contribution in [2.75, 3.05) is 13.7 Å². The average Bonchev–Trinajstić information content (AvgIpc) is 3.32. The summed E-state index contributed by atoms with van der Waals surface area (Å²) in [6.07, 6.45) is 4.82. The van der Waals surface area contributed by atoms with Crippen LogP contribution in [0.3, 0.4) is 0 Å². The highest BCUT2D eigenvalue weighted by atomic mass is 79.9. The lowest BCUT2D eigenvalue weighted by molar-refractivity contribution is -0.140. The molecule has 0 spiro atoms. The van der Waals surface area contributed by atoms with Gasteiger partial charge in [0.15, 0.2) is 23.1 Å². The predicted molar refractivity (Wildman–Crippen MR) is 176 cm³/mol. The molecule has 1 saturated heterocycles. The number of imide groups is 1. The minimum atomic E-state index is -1.35. The highest BCUT2D eigenvalue weighted by molar-refractivity contribution is 9.10. The maximum atomic E-state index is 15.0. The average molecular weight is 681 g/mol. The number of hydrogen-bond acceptors (Lipinski definition) is 6. The first kappa shape index (κ1) is 30.4. The molecule has 6 atom stereocenters. The van der Waals surface area contributed by atoms with Crippen LogP contribution in [0.4, 0.5) is 0 Å². The van der Waals surface area contributed by atoms with Gasteiger partial charge in [-0.15, -0.1) is 0 Å². The summed E-state index contributed by atoms with van der Waals surface area (Å²) in [6.45, 7) is 2.30. The second kappa shape index (κ2) is 11.5. The molecule has 1 aliphatic heterocycles. The third-order valence-electron chi connectivity index (χ3n) is 10.5. The summed E-state index contributed by atoms with van der Waals surface area (Å²) in [6, 6.07) is 22.1. The summed E-state index contributed by atoms with van der Waals surface area (Å²) in [5.74, 6) is -3.63. The summed E-state index contributed by atoms with van der Waals surface area (Å²) in [5, 5.41) is 10.8. The van der Waals surface area contributed by atoms with Gasteiger partial charge in [-0.1, -0.05) is 79.2 Å². The predicted octanol–water partition coefficient (Wildman–Crippen LogP) is 6.40. The first-order valence-corrected chi connectivity index (χ1v) is 16.6. The number of nitrogens with zero attached hydrogens (tertiary/aromatic N) is 1. The molecule has 3 aromatic rings. The van der Waals surface area contributed by atoms with Gasteiger partial charge >= 0.3 is 0 Å². The van der Waals surface area contributed by atoms with Crippen molar-refractivity contribution >= 4 is 44.9 Å². The number of carbonyl (C=O) groups is 4. The molecule has 7 rings (SSSR count). The Morgan fingerprint density at radius 2 is 1.65 bits per heavy atom. The lowest BCUT2D eigenvalue weighted by Crippen LogP contribution is -2.58. The number of phenols is 1. The largest absolute Gasteiger partial charge is 0.503 e. The van der Waals surface area contributed by atoms with Crippen LogP contribution in [0.2, 0.25) is 0 Å². The van der Waals surface area contributed by atoms with Gasteiger partial charge in [0, 0.05) is 24.0 Å². The second-order valence-corrected chi connectivity index (χ2v) is 13.5. The molecule has 8 heteroatoms. The molecule has 0 radical (unpaired) electrons. The van der Waals surface area contributed by atoms with Crippen LogP contribution in [-0.2, 0) is 24.6 Å². The molecule has 0 bridgehead atoms. The van der Waals surface area contributed by atoms with Gasteiger partial charge in [-0.05, 0) is 76.0 Å². The maximum absolute atomic E-state index is 15.0. The lowest BCUT2D eigenvalue weighted by Gasteiger charge is -2.55. The monoisotopic (exact) mass is 679 g/mol. The molecule has 1 N–H and O–H groups in total. The van der Waals surface area contributed by atoms with Gasteiger partial charge in [0.05, 0.1) is 28.8 Å². The number of halogens is 1. The zero-order valence-corrected chi connectivity index (χ0v) is 27.2. The van der Waals surface area contributed by atoms with E-state index in [9.17, 15) is 19.5 Å². The van der Waals surface area contributed by atoms with Crippen molar-refractivity contribution in [1.29, 1.82) is 0 Å².